The fraction of sp³-hybridized carbons (Fsp3) is 0. The first-order valence-corrected chi connectivity index (χ1v) is 6.05. The standard InChI is InChI=1S/C16H12N2O/c19-16-11-6-9-14(13-7-2-1-3-8-13)18(16)15-10-4-5-12-17-15/h1-12H. The van der Waals surface area contributed by atoms with E-state index >= 15 is 0 Å². The summed E-state index contributed by atoms with van der Waals surface area (Å²) in [5.41, 5.74) is 1.75. The zero-order valence-corrected chi connectivity index (χ0v) is 10.2. The molecule has 3 rings (SSSR count). The molecule has 19 heavy (non-hydrogen) atoms. The number of aromatic nitrogens is 2. The van der Waals surface area contributed by atoms with E-state index in [0.717, 1.165) is 11.3 Å². The van der Waals surface area contributed by atoms with Crippen molar-refractivity contribution in [3.05, 3.63) is 83.3 Å². The zero-order chi connectivity index (χ0) is 13.1. The molecule has 0 amide bonds. The largest absolute Gasteiger partial charge is 0.269 e. The molecule has 0 fully saturated rings. The van der Waals surface area contributed by atoms with Gasteiger partial charge in [-0.3, -0.25) is 9.36 Å². The topological polar surface area (TPSA) is 34.9 Å². The molecule has 0 N–H and O–H groups in total. The molecule has 3 nitrogen and oxygen atoms in total. The Morgan fingerprint density at radius 3 is 2.32 bits per heavy atom. The van der Waals surface area contributed by atoms with Crippen LogP contribution in [0.2, 0.25) is 0 Å². The van der Waals surface area contributed by atoms with E-state index in [9.17, 15) is 4.79 Å². The molecule has 0 radical (unpaired) electrons. The van der Waals surface area contributed by atoms with Crippen LogP contribution in [0.4, 0.5) is 0 Å². The molecule has 3 aromatic rings. The van der Waals surface area contributed by atoms with Crippen LogP contribution in [0.25, 0.3) is 17.1 Å². The molecule has 0 aliphatic carbocycles. The third-order valence-electron chi connectivity index (χ3n) is 2.90. The SMILES string of the molecule is O=c1cccc(-c2ccccc2)n1-c1ccccn1. The highest BCUT2D eigenvalue weighted by Gasteiger charge is 2.07. The Bertz CT molecular complexity index is 733. The van der Waals surface area contributed by atoms with Crippen LogP contribution in [0.15, 0.2) is 77.7 Å². The van der Waals surface area contributed by atoms with Crippen molar-refractivity contribution in [3.63, 3.8) is 0 Å². The lowest BCUT2D eigenvalue weighted by Gasteiger charge is -2.11. The van der Waals surface area contributed by atoms with Crippen LogP contribution in [0.3, 0.4) is 0 Å². The Morgan fingerprint density at radius 2 is 1.58 bits per heavy atom. The summed E-state index contributed by atoms with van der Waals surface area (Å²) in [6.45, 7) is 0. The quantitative estimate of drug-likeness (QED) is 0.699. The number of nitrogens with zero attached hydrogens (tertiary/aromatic N) is 2. The first-order chi connectivity index (χ1) is 9.36. The number of rotatable bonds is 2. The maximum absolute atomic E-state index is 12.1. The van der Waals surface area contributed by atoms with Crippen molar-refractivity contribution in [1.29, 1.82) is 0 Å². The third kappa shape index (κ3) is 2.18. The molecule has 2 heterocycles. The molecule has 0 aliphatic heterocycles. The summed E-state index contributed by atoms with van der Waals surface area (Å²) in [5.74, 6) is 0.631. The van der Waals surface area contributed by atoms with Crippen LogP contribution in [0.5, 0.6) is 0 Å². The fourth-order valence-electron chi connectivity index (χ4n) is 2.05. The average molecular weight is 248 g/mol. The van der Waals surface area contributed by atoms with Crippen molar-refractivity contribution in [2.24, 2.45) is 0 Å². The van der Waals surface area contributed by atoms with Crippen molar-refractivity contribution in [1.82, 2.24) is 9.55 Å². The second kappa shape index (κ2) is 4.90. The van der Waals surface area contributed by atoms with Crippen molar-refractivity contribution >= 4 is 0 Å². The van der Waals surface area contributed by atoms with Gasteiger partial charge in [0.2, 0.25) is 0 Å². The molecule has 0 atom stereocenters. The Kier molecular flexibility index (Phi) is 2.94. The molecule has 0 saturated carbocycles. The van der Waals surface area contributed by atoms with Gasteiger partial charge in [-0.2, -0.15) is 0 Å². The zero-order valence-electron chi connectivity index (χ0n) is 10.2. The minimum Gasteiger partial charge on any atom is -0.269 e. The van der Waals surface area contributed by atoms with Gasteiger partial charge in [-0.05, 0) is 23.8 Å². The monoisotopic (exact) mass is 248 g/mol. The maximum atomic E-state index is 12.1. The molecule has 0 bridgehead atoms. The van der Waals surface area contributed by atoms with E-state index in [1.165, 1.54) is 0 Å². The van der Waals surface area contributed by atoms with E-state index in [2.05, 4.69) is 4.98 Å². The number of pyridine rings is 2. The van der Waals surface area contributed by atoms with E-state index in [1.54, 1.807) is 22.9 Å². The van der Waals surface area contributed by atoms with E-state index in [-0.39, 0.29) is 5.56 Å². The van der Waals surface area contributed by atoms with Gasteiger partial charge in [-0.1, -0.05) is 42.5 Å². The first kappa shape index (κ1) is 11.4. The van der Waals surface area contributed by atoms with Gasteiger partial charge in [0.1, 0.15) is 5.82 Å². The summed E-state index contributed by atoms with van der Waals surface area (Å²) < 4.78 is 1.62. The molecule has 92 valence electrons. The van der Waals surface area contributed by atoms with Crippen LogP contribution in [-0.4, -0.2) is 9.55 Å². The molecular weight excluding hydrogens is 236 g/mol. The Hall–Kier alpha value is -2.68. The number of hydrogen-bond acceptors (Lipinski definition) is 2. The highest BCUT2D eigenvalue weighted by Crippen LogP contribution is 2.19. The summed E-state index contributed by atoms with van der Waals surface area (Å²) >= 11 is 0. The highest BCUT2D eigenvalue weighted by molar-refractivity contribution is 5.61. The van der Waals surface area contributed by atoms with E-state index in [0.29, 0.717) is 5.82 Å². The molecular formula is C16H12N2O. The fourth-order valence-corrected chi connectivity index (χ4v) is 2.05. The molecule has 0 unspecified atom stereocenters. The second-order valence-electron chi connectivity index (χ2n) is 4.14. The third-order valence-corrected chi connectivity index (χ3v) is 2.90. The molecule has 0 spiro atoms. The van der Waals surface area contributed by atoms with Gasteiger partial charge in [0.05, 0.1) is 5.69 Å². The van der Waals surface area contributed by atoms with Gasteiger partial charge in [-0.15, -0.1) is 0 Å². The second-order valence-corrected chi connectivity index (χ2v) is 4.14. The van der Waals surface area contributed by atoms with Gasteiger partial charge in [0, 0.05) is 12.3 Å². The number of benzene rings is 1. The smallest absolute Gasteiger partial charge is 0.256 e. The summed E-state index contributed by atoms with van der Waals surface area (Å²) in [5, 5.41) is 0. The Morgan fingerprint density at radius 1 is 0.789 bits per heavy atom. The average Bonchev–Trinajstić information content (AvgIpc) is 2.49. The lowest BCUT2D eigenvalue weighted by Crippen LogP contribution is -2.19. The van der Waals surface area contributed by atoms with Crippen molar-refractivity contribution in [2.45, 2.75) is 0 Å². The van der Waals surface area contributed by atoms with Crippen LogP contribution in [0.1, 0.15) is 0 Å². The maximum Gasteiger partial charge on any atom is 0.256 e. The first-order valence-electron chi connectivity index (χ1n) is 6.05. The summed E-state index contributed by atoms with van der Waals surface area (Å²) in [4.78, 5) is 16.4. The molecule has 2 aromatic heterocycles. The van der Waals surface area contributed by atoms with Gasteiger partial charge < -0.3 is 0 Å². The summed E-state index contributed by atoms with van der Waals surface area (Å²) in [6, 6.07) is 20.6. The molecule has 0 aliphatic rings. The Labute approximate surface area is 110 Å². The summed E-state index contributed by atoms with van der Waals surface area (Å²) in [6.07, 6.45) is 1.68. The molecule has 3 heteroatoms. The lowest BCUT2D eigenvalue weighted by atomic mass is 10.1. The number of hydrogen-bond donors (Lipinski definition) is 0. The van der Waals surface area contributed by atoms with Crippen molar-refractivity contribution < 1.29 is 0 Å². The van der Waals surface area contributed by atoms with Gasteiger partial charge >= 0.3 is 0 Å². The minimum absolute atomic E-state index is 0.0833. The van der Waals surface area contributed by atoms with Crippen LogP contribution >= 0.6 is 0 Å². The van der Waals surface area contributed by atoms with E-state index < -0.39 is 0 Å². The van der Waals surface area contributed by atoms with Crippen LogP contribution < -0.4 is 5.56 Å². The molecule has 0 saturated heterocycles. The normalized spacial score (nSPS) is 10.3. The van der Waals surface area contributed by atoms with Crippen molar-refractivity contribution in [3.8, 4) is 17.1 Å². The van der Waals surface area contributed by atoms with Gasteiger partial charge in [0.15, 0.2) is 0 Å². The highest BCUT2D eigenvalue weighted by atomic mass is 16.1. The predicted octanol–water partition coefficient (Wildman–Crippen LogP) is 2.90. The Balaban J connectivity index is 2.28. The lowest BCUT2D eigenvalue weighted by molar-refractivity contribution is 0.950. The van der Waals surface area contributed by atoms with E-state index in [4.69, 9.17) is 0 Å². The van der Waals surface area contributed by atoms with Crippen LogP contribution in [-0.2, 0) is 0 Å². The summed E-state index contributed by atoms with van der Waals surface area (Å²) in [7, 11) is 0. The van der Waals surface area contributed by atoms with Gasteiger partial charge in [0.25, 0.3) is 5.56 Å². The van der Waals surface area contributed by atoms with Crippen LogP contribution in [0, 0.1) is 0 Å². The van der Waals surface area contributed by atoms with E-state index in [1.807, 2.05) is 54.6 Å². The minimum atomic E-state index is -0.0833. The molecule has 1 aromatic carbocycles. The van der Waals surface area contributed by atoms with Gasteiger partial charge in [-0.25, -0.2) is 4.98 Å². The van der Waals surface area contributed by atoms with Crippen molar-refractivity contribution in [2.75, 3.05) is 0 Å². The predicted molar refractivity (Wildman–Crippen MR) is 75.3 cm³/mol.